The Kier molecular flexibility index (Phi) is 8.50. The van der Waals surface area contributed by atoms with E-state index < -0.39 is 22.8 Å². The van der Waals surface area contributed by atoms with Crippen LogP contribution in [-0.4, -0.2) is 68.3 Å². The number of methoxy groups -OCH3 is 1. The molecule has 0 amide bonds. The van der Waals surface area contributed by atoms with E-state index in [0.717, 1.165) is 0 Å². The normalized spacial score (nSPS) is 18.5. The van der Waals surface area contributed by atoms with Gasteiger partial charge >= 0.3 is 11.9 Å². The topological polar surface area (TPSA) is 129 Å². The second-order valence-corrected chi connectivity index (χ2v) is 9.34. The fraction of sp³-hybridized carbons (Fsp3) is 0.357. The van der Waals surface area contributed by atoms with E-state index in [1.165, 1.54) is 25.3 Å². The smallest absolute Gasteiger partial charge is 0.336 e. The molecule has 0 aliphatic carbocycles. The molecule has 1 N–H and O–H groups in total. The molecule has 2 unspecified atom stereocenters. The van der Waals surface area contributed by atoms with Crippen molar-refractivity contribution in [2.24, 2.45) is 0 Å². The number of ether oxygens (including phenoxy) is 4. The molecule has 2 aromatic rings. The van der Waals surface area contributed by atoms with Crippen LogP contribution < -0.4 is 14.8 Å². The molecular formula is C28H31N3O8. The Bertz CT molecular complexity index is 1340. The van der Waals surface area contributed by atoms with Crippen molar-refractivity contribution in [3.63, 3.8) is 0 Å². The van der Waals surface area contributed by atoms with Gasteiger partial charge in [-0.15, -0.1) is 0 Å². The number of nitrogens with one attached hydrogen (secondary N) is 1. The van der Waals surface area contributed by atoms with Gasteiger partial charge in [-0.05, 0) is 33.0 Å². The molecule has 11 nitrogen and oxygen atoms in total. The van der Waals surface area contributed by atoms with Crippen LogP contribution >= 0.6 is 0 Å². The molecule has 0 aromatic heterocycles. The van der Waals surface area contributed by atoms with E-state index in [9.17, 15) is 19.7 Å². The number of fused-ring (bicyclic) bond motifs is 1. The van der Waals surface area contributed by atoms with Crippen LogP contribution in [0.2, 0.25) is 0 Å². The zero-order valence-corrected chi connectivity index (χ0v) is 22.3. The predicted molar refractivity (Wildman–Crippen MR) is 141 cm³/mol. The van der Waals surface area contributed by atoms with Crippen LogP contribution in [0.25, 0.3) is 0 Å². The molecule has 2 aromatic carbocycles. The Morgan fingerprint density at radius 1 is 1.05 bits per heavy atom. The van der Waals surface area contributed by atoms with Crippen LogP contribution in [0.1, 0.15) is 25.3 Å². The summed E-state index contributed by atoms with van der Waals surface area (Å²) in [5.74, 6) is -1.03. The summed E-state index contributed by atoms with van der Waals surface area (Å²) >= 11 is 0. The van der Waals surface area contributed by atoms with Crippen LogP contribution in [0.4, 0.5) is 5.69 Å². The summed E-state index contributed by atoms with van der Waals surface area (Å²) in [5.41, 5.74) is 1.08. The van der Waals surface area contributed by atoms with Gasteiger partial charge in [0, 0.05) is 36.1 Å². The lowest BCUT2D eigenvalue weighted by atomic mass is 9.79. The summed E-state index contributed by atoms with van der Waals surface area (Å²) in [4.78, 5) is 39.5. The number of rotatable bonds is 9. The Morgan fingerprint density at radius 3 is 2.38 bits per heavy atom. The molecule has 0 saturated carbocycles. The molecule has 0 radical (unpaired) electrons. The van der Waals surface area contributed by atoms with Crippen LogP contribution in [0.3, 0.4) is 0 Å². The summed E-state index contributed by atoms with van der Waals surface area (Å²) in [7, 11) is 3.10. The molecule has 2 atom stereocenters. The zero-order valence-electron chi connectivity index (χ0n) is 22.3. The van der Waals surface area contributed by atoms with Gasteiger partial charge in [0.15, 0.2) is 11.5 Å². The van der Waals surface area contributed by atoms with Gasteiger partial charge in [0.05, 0.1) is 29.1 Å². The molecule has 0 spiro atoms. The number of esters is 2. The van der Waals surface area contributed by atoms with Gasteiger partial charge < -0.3 is 24.3 Å². The average Bonchev–Trinajstić information content (AvgIpc) is 2.92. The average molecular weight is 538 g/mol. The number of nitrogens with zero attached hydrogens (tertiary/aromatic N) is 2. The van der Waals surface area contributed by atoms with Crippen molar-refractivity contribution in [3.8, 4) is 11.5 Å². The molecule has 11 heteroatoms. The lowest BCUT2D eigenvalue weighted by molar-refractivity contribution is -0.385. The number of para-hydroxylation sites is 3. The predicted octanol–water partition coefficient (Wildman–Crippen LogP) is 3.32. The number of hydrogen-bond donors (Lipinski definition) is 1. The van der Waals surface area contributed by atoms with E-state index in [0.29, 0.717) is 42.6 Å². The first-order valence-corrected chi connectivity index (χ1v) is 12.5. The number of dihydropyridines is 1. The Labute approximate surface area is 226 Å². The maximum Gasteiger partial charge on any atom is 0.336 e. The summed E-state index contributed by atoms with van der Waals surface area (Å²) in [6, 6.07) is 13.5. The minimum Gasteiger partial charge on any atom is -0.486 e. The molecule has 2 aliphatic heterocycles. The minimum absolute atomic E-state index is 0.0517. The molecule has 4 rings (SSSR count). The highest BCUT2D eigenvalue weighted by molar-refractivity contribution is 6.00. The monoisotopic (exact) mass is 537 g/mol. The highest BCUT2D eigenvalue weighted by Crippen LogP contribution is 2.42. The summed E-state index contributed by atoms with van der Waals surface area (Å²) < 4.78 is 22.3. The van der Waals surface area contributed by atoms with Crippen molar-refractivity contribution in [2.75, 3.05) is 40.5 Å². The third-order valence-electron chi connectivity index (χ3n) is 6.62. The largest absolute Gasteiger partial charge is 0.486 e. The second kappa shape index (κ2) is 12.0. The highest BCUT2D eigenvalue weighted by Gasteiger charge is 2.40. The molecule has 0 saturated heterocycles. The van der Waals surface area contributed by atoms with Crippen LogP contribution in [-0.2, 0) is 19.1 Å². The summed E-state index contributed by atoms with van der Waals surface area (Å²) in [6.45, 7) is 4.73. The van der Waals surface area contributed by atoms with Crippen LogP contribution in [0, 0.1) is 10.1 Å². The zero-order chi connectivity index (χ0) is 28.1. The highest BCUT2D eigenvalue weighted by atomic mass is 16.6. The van der Waals surface area contributed by atoms with Gasteiger partial charge in [-0.3, -0.25) is 15.0 Å². The third kappa shape index (κ3) is 6.04. The van der Waals surface area contributed by atoms with Crippen LogP contribution in [0.5, 0.6) is 11.5 Å². The molecule has 0 fully saturated rings. The lowest BCUT2D eigenvalue weighted by Gasteiger charge is -2.30. The van der Waals surface area contributed by atoms with Crippen molar-refractivity contribution >= 4 is 17.6 Å². The third-order valence-corrected chi connectivity index (χ3v) is 6.62. The van der Waals surface area contributed by atoms with E-state index in [4.69, 9.17) is 18.9 Å². The van der Waals surface area contributed by atoms with E-state index in [1.807, 2.05) is 36.2 Å². The second-order valence-electron chi connectivity index (χ2n) is 9.34. The minimum atomic E-state index is -1.04. The maximum atomic E-state index is 13.4. The van der Waals surface area contributed by atoms with Crippen LogP contribution in [0.15, 0.2) is 71.1 Å². The molecular weight excluding hydrogens is 506 g/mol. The standard InChI is InChI=1S/C28H31N3O8/c1-17-24(27(32)36-4)26(20-9-5-6-10-21(20)31(34)35)25(18(2)29-17)28(33)37-14-13-30(3)15-19-16-38-22-11-7-8-12-23(22)39-19/h5-12,19,26,29H,13-16H2,1-4H3. The van der Waals surface area contributed by atoms with Gasteiger partial charge in [-0.2, -0.15) is 0 Å². The van der Waals surface area contributed by atoms with E-state index in [2.05, 4.69) is 5.32 Å². The maximum absolute atomic E-state index is 13.4. The Hall–Kier alpha value is -4.38. The Balaban J connectivity index is 1.48. The van der Waals surface area contributed by atoms with Gasteiger partial charge in [0.25, 0.3) is 5.69 Å². The molecule has 39 heavy (non-hydrogen) atoms. The van der Waals surface area contributed by atoms with Crippen molar-refractivity contribution in [1.82, 2.24) is 10.2 Å². The number of carbonyl (C=O) groups is 2. The van der Waals surface area contributed by atoms with Gasteiger partial charge in [-0.1, -0.05) is 30.3 Å². The molecule has 0 bridgehead atoms. The van der Waals surface area contributed by atoms with Crippen molar-refractivity contribution in [1.29, 1.82) is 0 Å². The van der Waals surface area contributed by atoms with E-state index >= 15 is 0 Å². The molecule has 206 valence electrons. The number of carbonyl (C=O) groups excluding carboxylic acids is 2. The number of hydrogen-bond acceptors (Lipinski definition) is 10. The molecule has 2 heterocycles. The van der Waals surface area contributed by atoms with E-state index in [-0.39, 0.29) is 35.1 Å². The SMILES string of the molecule is COC(=O)C1=C(C)NC(C)=C(C(=O)OCCN(C)CC2COc3ccccc3O2)C1c1ccccc1[N+](=O)[O-]. The van der Waals surface area contributed by atoms with E-state index in [1.54, 1.807) is 19.9 Å². The van der Waals surface area contributed by atoms with Gasteiger partial charge in [0.1, 0.15) is 19.3 Å². The number of nitro benzene ring substituents is 1. The first kappa shape index (κ1) is 27.6. The van der Waals surface area contributed by atoms with Crippen molar-refractivity contribution in [2.45, 2.75) is 25.9 Å². The fourth-order valence-electron chi connectivity index (χ4n) is 4.82. The summed E-state index contributed by atoms with van der Waals surface area (Å²) in [6.07, 6.45) is -0.188. The Morgan fingerprint density at radius 2 is 1.69 bits per heavy atom. The summed E-state index contributed by atoms with van der Waals surface area (Å²) in [5, 5.41) is 14.9. The number of nitro groups is 1. The molecule has 2 aliphatic rings. The van der Waals surface area contributed by atoms with Crippen molar-refractivity contribution < 1.29 is 33.5 Å². The quantitative estimate of drug-likeness (QED) is 0.289. The number of likely N-dealkylation sites (N-methyl/N-ethyl adjacent to an activating group) is 1. The number of benzene rings is 2. The lowest BCUT2D eigenvalue weighted by Crippen LogP contribution is -2.40. The first-order valence-electron chi connectivity index (χ1n) is 12.5. The van der Waals surface area contributed by atoms with Gasteiger partial charge in [0.2, 0.25) is 0 Å². The van der Waals surface area contributed by atoms with Gasteiger partial charge in [-0.25, -0.2) is 9.59 Å². The number of allylic oxidation sites excluding steroid dienone is 2. The van der Waals surface area contributed by atoms with Crippen molar-refractivity contribution in [3.05, 3.63) is 86.7 Å². The fourth-order valence-corrected chi connectivity index (χ4v) is 4.82. The first-order chi connectivity index (χ1) is 18.7.